The summed E-state index contributed by atoms with van der Waals surface area (Å²) in [6, 6.07) is 21.2. The topological polar surface area (TPSA) is 98.3 Å². The molecule has 8 heteroatoms. The Kier molecular flexibility index (Phi) is 5.85. The standard InChI is InChI=1S/C23H16BrN5OS/c1-14-20(21(17(11-25)12-26)16-7-9-18(24)10-8-16)22(30)29(28-14)23-27-13-19(31-23)15-5-3-2-4-6-15/h2-10,13,17,21,28H,1H3/t21-/m0/s1. The zero-order valence-electron chi connectivity index (χ0n) is 16.4. The van der Waals surface area contributed by atoms with Crippen LogP contribution in [0.5, 0.6) is 0 Å². The molecule has 0 aliphatic carbocycles. The average Bonchev–Trinajstić information content (AvgIpc) is 3.38. The number of aromatic nitrogens is 3. The zero-order valence-corrected chi connectivity index (χ0v) is 18.8. The van der Waals surface area contributed by atoms with E-state index in [4.69, 9.17) is 0 Å². The molecule has 2 heterocycles. The fourth-order valence-corrected chi connectivity index (χ4v) is 4.68. The predicted molar refractivity (Wildman–Crippen MR) is 123 cm³/mol. The van der Waals surface area contributed by atoms with Crippen molar-refractivity contribution in [2.75, 3.05) is 0 Å². The molecule has 152 valence electrons. The van der Waals surface area contributed by atoms with E-state index in [-0.39, 0.29) is 5.56 Å². The summed E-state index contributed by atoms with van der Waals surface area (Å²) in [6.45, 7) is 1.77. The second-order valence-corrected chi connectivity index (χ2v) is 8.85. The van der Waals surface area contributed by atoms with E-state index in [2.05, 4.69) is 26.0 Å². The molecule has 2 aromatic carbocycles. The monoisotopic (exact) mass is 489 g/mol. The minimum atomic E-state index is -1.01. The number of hydrogen-bond acceptors (Lipinski definition) is 5. The molecule has 6 nitrogen and oxygen atoms in total. The molecule has 1 N–H and O–H groups in total. The van der Waals surface area contributed by atoms with Gasteiger partial charge in [0.2, 0.25) is 5.13 Å². The number of nitrogens with one attached hydrogen (secondary N) is 1. The van der Waals surface area contributed by atoms with Crippen molar-refractivity contribution in [3.8, 4) is 27.7 Å². The van der Waals surface area contributed by atoms with Gasteiger partial charge in [0.25, 0.3) is 5.56 Å². The smallest absolute Gasteiger partial charge is 0.277 e. The van der Waals surface area contributed by atoms with Gasteiger partial charge in [-0.2, -0.15) is 15.2 Å². The highest BCUT2D eigenvalue weighted by atomic mass is 79.9. The van der Waals surface area contributed by atoms with Crippen molar-refractivity contribution in [1.82, 2.24) is 14.8 Å². The van der Waals surface area contributed by atoms with Crippen LogP contribution in [0.4, 0.5) is 0 Å². The summed E-state index contributed by atoms with van der Waals surface area (Å²) in [5, 5.41) is 22.8. The normalized spacial score (nSPS) is 11.8. The lowest BCUT2D eigenvalue weighted by atomic mass is 9.82. The van der Waals surface area contributed by atoms with Gasteiger partial charge in [-0.25, -0.2) is 4.98 Å². The van der Waals surface area contributed by atoms with Gasteiger partial charge in [-0.15, -0.1) is 0 Å². The Labute approximate surface area is 191 Å². The first-order valence-electron chi connectivity index (χ1n) is 9.41. The fourth-order valence-electron chi connectivity index (χ4n) is 3.54. The summed E-state index contributed by atoms with van der Waals surface area (Å²) in [6.07, 6.45) is 1.73. The van der Waals surface area contributed by atoms with Crippen LogP contribution in [-0.2, 0) is 0 Å². The van der Waals surface area contributed by atoms with Crippen LogP contribution in [0.3, 0.4) is 0 Å². The Morgan fingerprint density at radius 1 is 1.10 bits per heavy atom. The molecule has 2 aromatic heterocycles. The van der Waals surface area contributed by atoms with E-state index in [9.17, 15) is 15.3 Å². The maximum atomic E-state index is 13.4. The molecular formula is C23H16BrN5OS. The van der Waals surface area contributed by atoms with Crippen molar-refractivity contribution in [2.24, 2.45) is 5.92 Å². The maximum absolute atomic E-state index is 13.4. The minimum absolute atomic E-state index is 0.310. The summed E-state index contributed by atoms with van der Waals surface area (Å²) in [5.41, 5.74) is 2.43. The lowest BCUT2D eigenvalue weighted by Gasteiger charge is -2.17. The van der Waals surface area contributed by atoms with Crippen molar-refractivity contribution in [3.63, 3.8) is 0 Å². The Hall–Kier alpha value is -3.46. The zero-order chi connectivity index (χ0) is 22.0. The van der Waals surface area contributed by atoms with Crippen molar-refractivity contribution >= 4 is 27.3 Å². The summed E-state index contributed by atoms with van der Waals surface area (Å²) in [5.74, 6) is -1.69. The Balaban J connectivity index is 1.82. The van der Waals surface area contributed by atoms with E-state index in [1.807, 2.05) is 66.7 Å². The number of rotatable bonds is 5. The Morgan fingerprint density at radius 2 is 1.77 bits per heavy atom. The minimum Gasteiger partial charge on any atom is -0.293 e. The highest BCUT2D eigenvalue weighted by Gasteiger charge is 2.31. The molecule has 31 heavy (non-hydrogen) atoms. The van der Waals surface area contributed by atoms with Gasteiger partial charge in [0, 0.05) is 27.8 Å². The highest BCUT2D eigenvalue weighted by molar-refractivity contribution is 9.10. The van der Waals surface area contributed by atoms with E-state index in [0.29, 0.717) is 16.4 Å². The second-order valence-electron chi connectivity index (χ2n) is 6.93. The molecule has 0 aliphatic rings. The number of aryl methyl sites for hydroxylation is 1. The number of aromatic amines is 1. The number of nitriles is 2. The van der Waals surface area contributed by atoms with Crippen molar-refractivity contribution in [1.29, 1.82) is 10.5 Å². The second kappa shape index (κ2) is 8.73. The molecular weight excluding hydrogens is 474 g/mol. The predicted octanol–water partition coefficient (Wildman–Crippen LogP) is 5.16. The first kappa shape index (κ1) is 20.8. The number of H-pyrrole nitrogens is 1. The molecule has 0 spiro atoms. The number of hydrogen-bond donors (Lipinski definition) is 1. The first-order chi connectivity index (χ1) is 15.0. The largest absolute Gasteiger partial charge is 0.293 e. The first-order valence-corrected chi connectivity index (χ1v) is 11.0. The summed E-state index contributed by atoms with van der Waals surface area (Å²) in [4.78, 5) is 18.8. The molecule has 0 saturated heterocycles. The molecule has 0 amide bonds. The molecule has 1 atom stereocenters. The summed E-state index contributed by atoms with van der Waals surface area (Å²) in [7, 11) is 0. The molecule has 0 fully saturated rings. The van der Waals surface area contributed by atoms with Crippen molar-refractivity contribution < 1.29 is 0 Å². The average molecular weight is 490 g/mol. The van der Waals surface area contributed by atoms with Crippen molar-refractivity contribution in [2.45, 2.75) is 12.8 Å². The van der Waals surface area contributed by atoms with E-state index in [0.717, 1.165) is 20.5 Å². The van der Waals surface area contributed by atoms with Crippen LogP contribution in [0.25, 0.3) is 15.6 Å². The quantitative estimate of drug-likeness (QED) is 0.418. The van der Waals surface area contributed by atoms with Gasteiger partial charge >= 0.3 is 0 Å². The molecule has 4 rings (SSSR count). The van der Waals surface area contributed by atoms with E-state index < -0.39 is 11.8 Å². The summed E-state index contributed by atoms with van der Waals surface area (Å²) < 4.78 is 2.26. The molecule has 0 saturated carbocycles. The fraction of sp³-hybridized carbons (Fsp3) is 0.130. The molecule has 0 aliphatic heterocycles. The number of halogens is 1. The van der Waals surface area contributed by atoms with Crippen LogP contribution in [0.15, 0.2) is 70.1 Å². The van der Waals surface area contributed by atoms with Crippen LogP contribution in [0, 0.1) is 35.5 Å². The maximum Gasteiger partial charge on any atom is 0.277 e. The number of benzene rings is 2. The van der Waals surface area contributed by atoms with Gasteiger partial charge in [0.05, 0.1) is 17.0 Å². The van der Waals surface area contributed by atoms with E-state index >= 15 is 0 Å². The van der Waals surface area contributed by atoms with Gasteiger partial charge in [0.15, 0.2) is 0 Å². The van der Waals surface area contributed by atoms with Gasteiger partial charge < -0.3 is 0 Å². The van der Waals surface area contributed by atoms with E-state index in [1.54, 1.807) is 13.1 Å². The third-order valence-corrected chi connectivity index (χ3v) is 6.57. The number of nitrogens with zero attached hydrogens (tertiary/aromatic N) is 4. The highest BCUT2D eigenvalue weighted by Crippen LogP contribution is 2.33. The number of thiazole rings is 1. The third-order valence-electron chi connectivity index (χ3n) is 5.01. The van der Waals surface area contributed by atoms with Crippen LogP contribution >= 0.6 is 27.3 Å². The van der Waals surface area contributed by atoms with Crippen LogP contribution in [0.2, 0.25) is 0 Å². The lowest BCUT2D eigenvalue weighted by molar-refractivity contribution is 0.699. The van der Waals surface area contributed by atoms with Gasteiger partial charge in [-0.05, 0) is 30.2 Å². The van der Waals surface area contributed by atoms with Gasteiger partial charge in [0.1, 0.15) is 5.92 Å². The van der Waals surface area contributed by atoms with Gasteiger partial charge in [-0.3, -0.25) is 9.89 Å². The summed E-state index contributed by atoms with van der Waals surface area (Å²) >= 11 is 4.79. The Morgan fingerprint density at radius 3 is 2.42 bits per heavy atom. The third kappa shape index (κ3) is 3.96. The van der Waals surface area contributed by atoms with Crippen molar-refractivity contribution in [3.05, 3.63) is 92.4 Å². The van der Waals surface area contributed by atoms with Crippen LogP contribution in [0.1, 0.15) is 22.7 Å². The molecule has 0 radical (unpaired) electrons. The van der Waals surface area contributed by atoms with Gasteiger partial charge in [-0.1, -0.05) is 69.7 Å². The molecule has 0 bridgehead atoms. The molecule has 0 unspecified atom stereocenters. The van der Waals surface area contributed by atoms with E-state index in [1.165, 1.54) is 16.0 Å². The lowest BCUT2D eigenvalue weighted by Crippen LogP contribution is -2.23. The SMILES string of the molecule is Cc1[nH]n(-c2ncc(-c3ccccc3)s2)c(=O)c1[C@@H](c1ccc(Br)cc1)C(C#N)C#N. The van der Waals surface area contributed by atoms with Crippen LogP contribution < -0.4 is 5.56 Å². The Bertz CT molecular complexity index is 1340. The molecule has 4 aromatic rings. The van der Waals surface area contributed by atoms with Crippen LogP contribution in [-0.4, -0.2) is 14.8 Å².